The van der Waals surface area contributed by atoms with E-state index in [1.54, 1.807) is 55.5 Å². The van der Waals surface area contributed by atoms with Crippen molar-refractivity contribution in [1.82, 2.24) is 13.7 Å². The molecule has 0 amide bonds. The number of nitro benzene ring substituents is 2. The summed E-state index contributed by atoms with van der Waals surface area (Å²) < 4.78 is 110. The van der Waals surface area contributed by atoms with E-state index in [9.17, 15) is 51.7 Å². The summed E-state index contributed by atoms with van der Waals surface area (Å²) in [5.74, 6) is -2.10. The number of allylic oxidation sites excluding steroid dienone is 1. The summed E-state index contributed by atoms with van der Waals surface area (Å²) in [4.78, 5) is 19.3. The van der Waals surface area contributed by atoms with Gasteiger partial charge in [-0.3, -0.25) is 20.2 Å². The third kappa shape index (κ3) is 19.4. The van der Waals surface area contributed by atoms with Crippen molar-refractivity contribution >= 4 is 61.8 Å². The molecule has 14 rings (SSSR count). The van der Waals surface area contributed by atoms with Crippen molar-refractivity contribution in [2.75, 3.05) is 35.0 Å². The molecule has 24 heteroatoms. The van der Waals surface area contributed by atoms with E-state index in [-0.39, 0.29) is 64.7 Å². The Kier molecular flexibility index (Phi) is 26.4. The van der Waals surface area contributed by atoms with E-state index in [2.05, 4.69) is 9.47 Å². The van der Waals surface area contributed by atoms with Gasteiger partial charge in [-0.2, -0.15) is 10.5 Å². The Hall–Kier alpha value is -13.0. The van der Waals surface area contributed by atoms with Crippen molar-refractivity contribution in [3.63, 3.8) is 0 Å². The first-order valence-corrected chi connectivity index (χ1v) is 31.0. The Morgan fingerprint density at radius 3 is 1.45 bits per heavy atom. The van der Waals surface area contributed by atoms with Crippen LogP contribution in [0.2, 0.25) is 5.02 Å². The highest BCUT2D eigenvalue weighted by Gasteiger charge is 2.19. The number of aryl methyl sites for hydroxylation is 1. The molecule has 0 aliphatic heterocycles. The summed E-state index contributed by atoms with van der Waals surface area (Å²) in [5.41, 5.74) is 7.73. The van der Waals surface area contributed by atoms with Crippen molar-refractivity contribution in [2.45, 2.75) is 19.8 Å². The third-order valence-electron chi connectivity index (χ3n) is 15.1. The Morgan fingerprint density at radius 2 is 0.961 bits per heavy atom. The van der Waals surface area contributed by atoms with Crippen LogP contribution < -0.4 is 23.7 Å². The van der Waals surface area contributed by atoms with E-state index in [0.29, 0.717) is 22.1 Å². The number of para-hydroxylation sites is 3. The summed E-state index contributed by atoms with van der Waals surface area (Å²) in [6.07, 6.45) is 10.4. The summed E-state index contributed by atoms with van der Waals surface area (Å²) >= 11 is 5.63. The number of phenols is 1. The van der Waals surface area contributed by atoms with Crippen LogP contribution in [-0.2, 0) is 12.8 Å². The zero-order valence-corrected chi connectivity index (χ0v) is 55.9. The van der Waals surface area contributed by atoms with Crippen LogP contribution in [0.5, 0.6) is 34.5 Å². The Labute approximate surface area is 586 Å². The topological polar surface area (TPSA) is 215 Å². The van der Waals surface area contributed by atoms with E-state index in [4.69, 9.17) is 36.3 Å². The molecule has 0 saturated heterocycles. The van der Waals surface area contributed by atoms with E-state index >= 15 is 0 Å². The van der Waals surface area contributed by atoms with Gasteiger partial charge in [-0.1, -0.05) is 78.4 Å². The fourth-order valence-corrected chi connectivity index (χ4v) is 10.2. The molecule has 102 heavy (non-hydrogen) atoms. The molecule has 13 aromatic rings. The number of non-ortho nitro benzene ring substituents is 1. The Morgan fingerprint density at radius 1 is 0.500 bits per heavy atom. The van der Waals surface area contributed by atoms with Crippen LogP contribution in [0.25, 0.3) is 55.8 Å². The molecule has 3 aromatic heterocycles. The fourth-order valence-electron chi connectivity index (χ4n) is 10.1. The van der Waals surface area contributed by atoms with Crippen LogP contribution in [0.15, 0.2) is 237 Å². The second-order valence-electron chi connectivity index (χ2n) is 21.6. The lowest BCUT2D eigenvalue weighted by Crippen LogP contribution is -1.98. The summed E-state index contributed by atoms with van der Waals surface area (Å²) in [6.45, 7) is 1.86. The van der Waals surface area contributed by atoms with Gasteiger partial charge in [0.1, 0.15) is 17.6 Å². The predicted molar refractivity (Wildman–Crippen MR) is 379 cm³/mol. The molecule has 17 nitrogen and oxygen atoms in total. The molecule has 1 aliphatic carbocycles. The molecule has 1 N–H and O–H groups in total. The largest absolute Gasteiger partial charge is 0.505 e. The summed E-state index contributed by atoms with van der Waals surface area (Å²) in [6, 6.07) is 63.7. The number of nitriles is 2. The first-order chi connectivity index (χ1) is 49.2. The number of hydrogen-bond acceptors (Lipinski definition) is 12. The molecule has 0 saturated carbocycles. The van der Waals surface area contributed by atoms with Crippen molar-refractivity contribution in [3.05, 3.63) is 319 Å². The van der Waals surface area contributed by atoms with Crippen LogP contribution in [0.4, 0.5) is 37.7 Å². The van der Waals surface area contributed by atoms with Crippen molar-refractivity contribution in [1.29, 1.82) is 10.5 Å². The van der Waals surface area contributed by atoms with Gasteiger partial charge in [0.05, 0.1) is 79.5 Å². The van der Waals surface area contributed by atoms with Gasteiger partial charge in [0.25, 0.3) is 11.4 Å². The highest BCUT2D eigenvalue weighted by Crippen LogP contribution is 2.32. The molecule has 518 valence electrons. The zero-order valence-electron chi connectivity index (χ0n) is 55.1. The number of methoxy groups -OCH3 is 4. The van der Waals surface area contributed by atoms with Crippen LogP contribution >= 0.6 is 11.6 Å². The number of halogens is 7. The molecule has 1 aliphatic rings. The number of nitro groups is 2. The second kappa shape index (κ2) is 36.0. The lowest BCUT2D eigenvalue weighted by atomic mass is 10.1. The van der Waals surface area contributed by atoms with Crippen molar-refractivity contribution < 1.29 is 65.0 Å². The standard InChI is InChI=1S/C15H12FNO.C15H12FN.C14H10FNO.C10H9FO.C9H7FN2O3.C8H6ClNO.C7H6FNO3/c1-18-15-9-11-7-8-17(14(11)10-13(15)16)12-5-3-2-4-6-12;1-11-9-12-7-8-17(15(12)10-14(11)16)13-5-3-2-4-6-13;15-12-9-13-10(8-14(12)17)6-7-16(13)11-4-2-1-3-5-11;1-12-10-6-8-4-2-3-7(8)5-9(10)11;1-15-9-4-6(2-3-11)8(12(13)14)5-7(9)10;9-7-1-3-8(4-2-7)11-6-5-10;1-12-7-3-2-5(9(10)11)4-6(7)8/h2-10H,1H3;2-10H,1H3;1-9,17H;2,4-6H,3H2,1H3;4-5H,2H2,1H3;1-4H,6H2;2-4H,1H3. The lowest BCUT2D eigenvalue weighted by Gasteiger charge is -2.06. The fraction of sp³-hybridized carbons (Fsp3) is 0.103. The van der Waals surface area contributed by atoms with Crippen LogP contribution in [0.1, 0.15) is 22.3 Å². The van der Waals surface area contributed by atoms with Gasteiger partial charge in [0.15, 0.2) is 64.4 Å². The molecular formula is C78H62ClF6N7O10. The first-order valence-electron chi connectivity index (χ1n) is 30.6. The summed E-state index contributed by atoms with van der Waals surface area (Å²) in [7, 11) is 5.49. The number of benzene rings is 10. The molecule has 3 heterocycles. The molecule has 0 radical (unpaired) electrons. The molecule has 0 unspecified atom stereocenters. The van der Waals surface area contributed by atoms with E-state index in [0.717, 1.165) is 85.5 Å². The second-order valence-corrected chi connectivity index (χ2v) is 22.0. The Balaban J connectivity index is 0.000000152. The molecule has 0 atom stereocenters. The zero-order chi connectivity index (χ0) is 73.4. The molecular weight excluding hydrogens is 1340 g/mol. The first kappa shape index (κ1) is 74.8. The molecule has 10 aromatic carbocycles. The Bertz CT molecular complexity index is 5040. The predicted octanol–water partition coefficient (Wildman–Crippen LogP) is 19.5. The van der Waals surface area contributed by atoms with Gasteiger partial charge in [-0.15, -0.1) is 0 Å². The monoisotopic (exact) mass is 1410 g/mol. The number of phenolic OH excluding ortho intramolecular Hbond substituents is 1. The maximum absolute atomic E-state index is 13.8. The van der Waals surface area contributed by atoms with E-state index in [1.165, 1.54) is 64.8 Å². The van der Waals surface area contributed by atoms with Gasteiger partial charge < -0.3 is 42.5 Å². The van der Waals surface area contributed by atoms with Gasteiger partial charge in [0.2, 0.25) is 0 Å². The number of fused-ring (bicyclic) bond motifs is 4. The minimum atomic E-state index is -0.814. The third-order valence-corrected chi connectivity index (χ3v) is 15.4. The van der Waals surface area contributed by atoms with Gasteiger partial charge >= 0.3 is 0 Å². The number of aromatic hydroxyl groups is 1. The maximum Gasteiger partial charge on any atom is 0.276 e. The average Bonchev–Trinajstić information content (AvgIpc) is 1.65. The van der Waals surface area contributed by atoms with Gasteiger partial charge in [0, 0.05) is 80.6 Å². The number of rotatable bonds is 12. The number of nitrogens with zero attached hydrogens (tertiary/aromatic N) is 7. The normalized spacial score (nSPS) is 10.5. The molecule has 0 bridgehead atoms. The minimum absolute atomic E-state index is 0.000556. The smallest absolute Gasteiger partial charge is 0.276 e. The number of aromatic nitrogens is 3. The van der Waals surface area contributed by atoms with Crippen molar-refractivity contribution in [3.8, 4) is 63.7 Å². The van der Waals surface area contributed by atoms with Crippen LogP contribution in [0, 0.1) is 84.7 Å². The average molecular weight is 1410 g/mol. The van der Waals surface area contributed by atoms with Crippen LogP contribution in [-0.4, -0.2) is 63.7 Å². The number of hydrogen-bond donors (Lipinski definition) is 1. The van der Waals surface area contributed by atoms with E-state index in [1.807, 2.05) is 166 Å². The number of ether oxygens (including phenoxy) is 5. The lowest BCUT2D eigenvalue weighted by molar-refractivity contribution is -0.385. The quantitative estimate of drug-likeness (QED) is 0.0687. The molecule has 0 spiro atoms. The SMILES string of the molecule is COc1cc(CC#N)c([N+](=O)[O-])cc1F.COc1cc2c(cc1F)CC=C2.COc1cc2ccn(-c3ccccc3)c2cc1F.COc1ccc([N+](=O)[O-])cc1F.Cc1cc2ccn(-c3ccccc3)c2cc1F.N#CCOc1ccc(Cl)cc1.Oc1cc2ccn(-c3ccccc3)c2cc1F. The highest BCUT2D eigenvalue weighted by molar-refractivity contribution is 6.30. The minimum Gasteiger partial charge on any atom is -0.505 e. The summed E-state index contributed by atoms with van der Waals surface area (Å²) in [5, 5.41) is 50.1. The highest BCUT2D eigenvalue weighted by atomic mass is 35.5. The van der Waals surface area contributed by atoms with Gasteiger partial charge in [-0.25, -0.2) is 26.3 Å². The van der Waals surface area contributed by atoms with E-state index < -0.39 is 33.0 Å². The van der Waals surface area contributed by atoms with Crippen LogP contribution in [0.3, 0.4) is 0 Å². The molecule has 0 fully saturated rings. The maximum atomic E-state index is 13.8. The van der Waals surface area contributed by atoms with Crippen molar-refractivity contribution in [2.24, 2.45) is 0 Å². The van der Waals surface area contributed by atoms with Gasteiger partial charge in [-0.05, 0) is 157 Å².